The minimum atomic E-state index is -4.60. The van der Waals surface area contributed by atoms with Crippen molar-refractivity contribution in [1.82, 2.24) is 24.5 Å². The normalized spacial score (nSPS) is 12.0. The largest absolute Gasteiger partial charge is 0.470 e. The second-order valence-corrected chi connectivity index (χ2v) is 9.42. The molecular formula is C26H23ClF3N5O3. The van der Waals surface area contributed by atoms with Crippen LogP contribution in [0.1, 0.15) is 42.4 Å². The lowest BCUT2D eigenvalue weighted by Crippen LogP contribution is -2.24. The minimum absolute atomic E-state index is 0.00153. The van der Waals surface area contributed by atoms with Gasteiger partial charge in [-0.25, -0.2) is 15.0 Å². The van der Waals surface area contributed by atoms with Crippen molar-refractivity contribution in [3.8, 4) is 22.8 Å². The van der Waals surface area contributed by atoms with Crippen LogP contribution in [0.25, 0.3) is 16.9 Å². The quantitative estimate of drug-likeness (QED) is 0.356. The van der Waals surface area contributed by atoms with Crippen LogP contribution in [-0.2, 0) is 18.4 Å². The third kappa shape index (κ3) is 5.68. The summed E-state index contributed by atoms with van der Waals surface area (Å²) in [5, 5.41) is 9.94. The van der Waals surface area contributed by atoms with Gasteiger partial charge in [0.1, 0.15) is 23.7 Å². The molecule has 0 saturated heterocycles. The summed E-state index contributed by atoms with van der Waals surface area (Å²) in [5.74, 6) is 0.266. The van der Waals surface area contributed by atoms with E-state index in [-0.39, 0.29) is 34.9 Å². The molecule has 0 bridgehead atoms. The number of nitrogens with zero attached hydrogens (tertiary/aromatic N) is 5. The lowest BCUT2D eigenvalue weighted by atomic mass is 10.1. The molecule has 12 heteroatoms. The third-order valence-electron chi connectivity index (χ3n) is 5.57. The van der Waals surface area contributed by atoms with Crippen LogP contribution in [0.3, 0.4) is 0 Å². The Bertz CT molecular complexity index is 1570. The lowest BCUT2D eigenvalue weighted by molar-refractivity contribution is -0.141. The zero-order chi connectivity index (χ0) is 27.8. The van der Waals surface area contributed by atoms with Crippen LogP contribution < -0.4 is 10.3 Å². The third-order valence-corrected chi connectivity index (χ3v) is 5.89. The molecule has 0 fully saturated rings. The second-order valence-electron chi connectivity index (χ2n) is 9.05. The van der Waals surface area contributed by atoms with Gasteiger partial charge < -0.3 is 9.84 Å². The van der Waals surface area contributed by atoms with Gasteiger partial charge >= 0.3 is 6.18 Å². The van der Waals surface area contributed by atoms with Gasteiger partial charge in [0.15, 0.2) is 10.8 Å². The number of aryl methyl sites for hydroxylation is 2. The van der Waals surface area contributed by atoms with Crippen molar-refractivity contribution >= 4 is 11.6 Å². The van der Waals surface area contributed by atoms with Gasteiger partial charge in [0.05, 0.1) is 17.1 Å². The molecule has 4 aromatic rings. The molecule has 3 aromatic heterocycles. The number of ether oxygens (including phenoxy) is 1. The molecule has 198 valence electrons. The maximum Gasteiger partial charge on any atom is 0.433 e. The lowest BCUT2D eigenvalue weighted by Gasteiger charge is -2.17. The summed E-state index contributed by atoms with van der Waals surface area (Å²) >= 11 is 6.30. The van der Waals surface area contributed by atoms with Crippen LogP contribution in [-0.4, -0.2) is 29.6 Å². The molecule has 0 aliphatic carbocycles. The number of halogens is 4. The standard InChI is InChI=1S/C26H23ClF3N5O3/c1-14-8-9-16(18-10-11-31-24(34-18)25(3,4)37)12-19(14)35-15(2)32-22(21(27)23(35)36)38-13-17-6-5-7-20(33-17)26(28,29)30/h5-12,37H,13H2,1-4H3. The first-order valence-electron chi connectivity index (χ1n) is 11.4. The van der Waals surface area contributed by atoms with Crippen LogP contribution in [0.4, 0.5) is 13.2 Å². The smallest absolute Gasteiger partial charge is 0.433 e. The van der Waals surface area contributed by atoms with Crippen LogP contribution in [0, 0.1) is 13.8 Å². The molecule has 1 aromatic carbocycles. The number of pyridine rings is 1. The number of aliphatic hydroxyl groups is 1. The Balaban J connectivity index is 1.69. The molecule has 0 aliphatic rings. The van der Waals surface area contributed by atoms with E-state index in [0.29, 0.717) is 16.9 Å². The maximum absolute atomic E-state index is 13.3. The van der Waals surface area contributed by atoms with E-state index in [0.717, 1.165) is 11.6 Å². The van der Waals surface area contributed by atoms with E-state index in [4.69, 9.17) is 16.3 Å². The highest BCUT2D eigenvalue weighted by Gasteiger charge is 2.32. The molecule has 1 N–H and O–H groups in total. The Kier molecular flexibility index (Phi) is 7.26. The van der Waals surface area contributed by atoms with Crippen LogP contribution in [0.15, 0.2) is 53.5 Å². The Hall–Kier alpha value is -3.83. The van der Waals surface area contributed by atoms with Gasteiger partial charge in [0, 0.05) is 11.8 Å². The molecule has 8 nitrogen and oxygen atoms in total. The van der Waals surface area contributed by atoms with E-state index in [2.05, 4.69) is 19.9 Å². The summed E-state index contributed by atoms with van der Waals surface area (Å²) < 4.78 is 45.6. The number of hydrogen-bond acceptors (Lipinski definition) is 7. The highest BCUT2D eigenvalue weighted by atomic mass is 35.5. The van der Waals surface area contributed by atoms with Crippen molar-refractivity contribution in [3.63, 3.8) is 0 Å². The number of alkyl halides is 3. The van der Waals surface area contributed by atoms with Crippen molar-refractivity contribution in [2.24, 2.45) is 0 Å². The van der Waals surface area contributed by atoms with Crippen LogP contribution in [0.2, 0.25) is 5.02 Å². The highest BCUT2D eigenvalue weighted by molar-refractivity contribution is 6.31. The van der Waals surface area contributed by atoms with Gasteiger partial charge in [-0.15, -0.1) is 0 Å². The summed E-state index contributed by atoms with van der Waals surface area (Å²) in [7, 11) is 0. The fourth-order valence-electron chi connectivity index (χ4n) is 3.65. The fraction of sp³-hybridized carbons (Fsp3) is 0.269. The van der Waals surface area contributed by atoms with Crippen molar-refractivity contribution in [2.75, 3.05) is 0 Å². The Labute approximate surface area is 220 Å². The molecule has 0 amide bonds. The average Bonchev–Trinajstić information content (AvgIpc) is 2.86. The van der Waals surface area contributed by atoms with Crippen LogP contribution >= 0.6 is 11.6 Å². The average molecular weight is 546 g/mol. The molecule has 0 atom stereocenters. The van der Waals surface area contributed by atoms with Crippen molar-refractivity contribution < 1.29 is 23.0 Å². The number of benzene rings is 1. The first kappa shape index (κ1) is 27.2. The Morgan fingerprint density at radius 1 is 1.05 bits per heavy atom. The second kappa shape index (κ2) is 10.1. The number of hydrogen-bond donors (Lipinski definition) is 1. The summed E-state index contributed by atoms with van der Waals surface area (Å²) in [6, 6.07) is 10.5. The molecule has 4 rings (SSSR count). The van der Waals surface area contributed by atoms with Gasteiger partial charge in [-0.3, -0.25) is 9.36 Å². The van der Waals surface area contributed by atoms with Gasteiger partial charge in [-0.2, -0.15) is 18.2 Å². The maximum atomic E-state index is 13.3. The summed E-state index contributed by atoms with van der Waals surface area (Å²) in [6.45, 7) is 6.18. The van der Waals surface area contributed by atoms with Gasteiger partial charge in [-0.1, -0.05) is 29.8 Å². The van der Waals surface area contributed by atoms with E-state index in [1.807, 2.05) is 13.0 Å². The molecule has 0 spiro atoms. The topological polar surface area (TPSA) is 103 Å². The first-order chi connectivity index (χ1) is 17.8. The number of aromatic nitrogens is 5. The Morgan fingerprint density at radius 2 is 1.79 bits per heavy atom. The van der Waals surface area contributed by atoms with Crippen molar-refractivity contribution in [2.45, 2.75) is 46.1 Å². The van der Waals surface area contributed by atoms with Gasteiger partial charge in [0.2, 0.25) is 5.88 Å². The summed E-state index contributed by atoms with van der Waals surface area (Å²) in [6.07, 6.45) is -3.06. The van der Waals surface area contributed by atoms with E-state index in [1.54, 1.807) is 39.0 Å². The zero-order valence-corrected chi connectivity index (χ0v) is 21.6. The predicted octanol–water partition coefficient (Wildman–Crippen LogP) is 5.18. The highest BCUT2D eigenvalue weighted by Crippen LogP contribution is 2.29. The van der Waals surface area contributed by atoms with E-state index < -0.39 is 23.0 Å². The molecular weight excluding hydrogens is 523 g/mol. The predicted molar refractivity (Wildman–Crippen MR) is 134 cm³/mol. The summed E-state index contributed by atoms with van der Waals surface area (Å²) in [4.78, 5) is 29.7. The Morgan fingerprint density at radius 3 is 2.47 bits per heavy atom. The SMILES string of the molecule is Cc1ccc(-c2ccnc(C(C)(C)O)n2)cc1-n1c(C)nc(OCc2cccc(C(F)(F)F)n2)c(Cl)c1=O. The zero-order valence-electron chi connectivity index (χ0n) is 20.8. The molecule has 38 heavy (non-hydrogen) atoms. The fourth-order valence-corrected chi connectivity index (χ4v) is 3.83. The first-order valence-corrected chi connectivity index (χ1v) is 11.8. The van der Waals surface area contributed by atoms with E-state index in [9.17, 15) is 23.1 Å². The monoisotopic (exact) mass is 545 g/mol. The minimum Gasteiger partial charge on any atom is -0.470 e. The molecule has 0 aliphatic heterocycles. The van der Waals surface area contributed by atoms with Crippen LogP contribution in [0.5, 0.6) is 5.88 Å². The van der Waals surface area contributed by atoms with Gasteiger partial charge in [-0.05, 0) is 57.5 Å². The number of rotatable bonds is 6. The molecule has 0 saturated carbocycles. The summed E-state index contributed by atoms with van der Waals surface area (Å²) in [5.41, 5.74) is -0.478. The van der Waals surface area contributed by atoms with Crippen molar-refractivity contribution in [3.05, 3.63) is 92.6 Å². The van der Waals surface area contributed by atoms with Gasteiger partial charge in [0.25, 0.3) is 5.56 Å². The molecule has 3 heterocycles. The molecule has 0 radical (unpaired) electrons. The van der Waals surface area contributed by atoms with Crippen molar-refractivity contribution in [1.29, 1.82) is 0 Å². The molecule has 0 unspecified atom stereocenters. The van der Waals surface area contributed by atoms with E-state index >= 15 is 0 Å². The van der Waals surface area contributed by atoms with E-state index in [1.165, 1.54) is 22.9 Å².